The summed E-state index contributed by atoms with van der Waals surface area (Å²) >= 11 is 0. The minimum atomic E-state index is 0.521. The first-order valence-electron chi connectivity index (χ1n) is 2.31. The van der Waals surface area contributed by atoms with Gasteiger partial charge in [0.25, 0.3) is 0 Å². The van der Waals surface area contributed by atoms with Crippen LogP contribution in [0.1, 0.15) is 5.56 Å². The molecule has 0 spiro atoms. The van der Waals surface area contributed by atoms with Gasteiger partial charge in [-0.25, -0.2) is 0 Å². The second-order valence-electron chi connectivity index (χ2n) is 1.61. The van der Waals surface area contributed by atoms with E-state index in [0.29, 0.717) is 4.85 Å². The van der Waals surface area contributed by atoms with Crippen molar-refractivity contribution in [2.75, 3.05) is 0 Å². The summed E-state index contributed by atoms with van der Waals surface area (Å²) in [7, 11) is 0. The summed E-state index contributed by atoms with van der Waals surface area (Å²) in [5.74, 6) is 0. The molecule has 8 heavy (non-hydrogen) atoms. The van der Waals surface area contributed by atoms with Crippen LogP contribution in [0.15, 0.2) is 18.5 Å². The van der Waals surface area contributed by atoms with Crippen molar-refractivity contribution in [3.8, 4) is 0 Å². The molecule has 0 aliphatic carbocycles. The molecular formula is C5H6N2O. The van der Waals surface area contributed by atoms with Crippen LogP contribution in [0.2, 0.25) is 0 Å². The molecule has 0 fully saturated rings. The van der Waals surface area contributed by atoms with Crippen molar-refractivity contribution in [1.82, 2.24) is 5.10 Å². The van der Waals surface area contributed by atoms with Gasteiger partial charge in [0.1, 0.15) is 0 Å². The Balaban J connectivity index is 3.03. The van der Waals surface area contributed by atoms with Crippen molar-refractivity contribution >= 4 is 0 Å². The van der Waals surface area contributed by atoms with Crippen LogP contribution in [0.25, 0.3) is 0 Å². The molecule has 3 nitrogen and oxygen atoms in total. The molecule has 0 aromatic carbocycles. The summed E-state index contributed by atoms with van der Waals surface area (Å²) in [4.78, 5) is 0.521. The van der Waals surface area contributed by atoms with Crippen molar-refractivity contribution in [3.05, 3.63) is 29.2 Å². The monoisotopic (exact) mass is 110 g/mol. The molecule has 1 rings (SSSR count). The molecule has 0 aliphatic heterocycles. The third kappa shape index (κ3) is 0.932. The highest BCUT2D eigenvalue weighted by Crippen LogP contribution is 1.84. The normalized spacial score (nSPS) is 9.12. The molecule has 3 heteroatoms. The Kier molecular flexibility index (Phi) is 1.12. The average molecular weight is 110 g/mol. The Hall–Kier alpha value is -1.12. The van der Waals surface area contributed by atoms with Gasteiger partial charge in [0.15, 0.2) is 0 Å². The fourth-order valence-corrected chi connectivity index (χ4v) is 0.411. The predicted octanol–water partition coefficient (Wildman–Crippen LogP) is 0.0234. The highest BCUT2D eigenvalue weighted by atomic mass is 16.5. The van der Waals surface area contributed by atoms with Gasteiger partial charge in [-0.1, -0.05) is 4.85 Å². The SMILES string of the molecule is Cc1cc[n+]([O-])nc1. The van der Waals surface area contributed by atoms with Crippen LogP contribution in [0.5, 0.6) is 0 Å². The lowest BCUT2D eigenvalue weighted by Gasteiger charge is -1.88. The van der Waals surface area contributed by atoms with Crippen molar-refractivity contribution < 1.29 is 4.85 Å². The maximum Gasteiger partial charge on any atom is 0.210 e. The zero-order valence-electron chi connectivity index (χ0n) is 4.53. The Labute approximate surface area is 47.2 Å². The maximum atomic E-state index is 10.2. The van der Waals surface area contributed by atoms with E-state index in [4.69, 9.17) is 0 Å². The summed E-state index contributed by atoms with van der Waals surface area (Å²) < 4.78 is 0. The van der Waals surface area contributed by atoms with Crippen LogP contribution < -0.4 is 4.85 Å². The van der Waals surface area contributed by atoms with Gasteiger partial charge in [-0.15, -0.1) is 0 Å². The van der Waals surface area contributed by atoms with Gasteiger partial charge in [0.2, 0.25) is 6.20 Å². The molecule has 0 N–H and O–H groups in total. The van der Waals surface area contributed by atoms with Crippen LogP contribution in [0.4, 0.5) is 0 Å². The van der Waals surface area contributed by atoms with E-state index in [2.05, 4.69) is 5.10 Å². The highest BCUT2D eigenvalue weighted by Gasteiger charge is 1.85. The number of nitrogens with zero attached hydrogens (tertiary/aromatic N) is 2. The molecule has 0 atom stereocenters. The van der Waals surface area contributed by atoms with Crippen molar-refractivity contribution in [2.45, 2.75) is 6.92 Å². The van der Waals surface area contributed by atoms with Gasteiger partial charge in [0, 0.05) is 11.2 Å². The molecule has 0 saturated heterocycles. The second-order valence-corrected chi connectivity index (χ2v) is 1.61. The Morgan fingerprint density at radius 1 is 1.75 bits per heavy atom. The van der Waals surface area contributed by atoms with E-state index in [0.717, 1.165) is 5.56 Å². The van der Waals surface area contributed by atoms with Crippen LogP contribution in [0, 0.1) is 12.1 Å². The Morgan fingerprint density at radius 3 is 2.88 bits per heavy atom. The average Bonchev–Trinajstić information content (AvgIpc) is 1.77. The van der Waals surface area contributed by atoms with Crippen molar-refractivity contribution in [2.24, 2.45) is 0 Å². The van der Waals surface area contributed by atoms with Crippen LogP contribution in [-0.4, -0.2) is 5.10 Å². The largest absolute Gasteiger partial charge is 0.594 e. The lowest BCUT2D eigenvalue weighted by molar-refractivity contribution is -0.669. The van der Waals surface area contributed by atoms with Gasteiger partial charge in [-0.2, -0.15) is 0 Å². The van der Waals surface area contributed by atoms with Gasteiger partial charge in [-0.05, 0) is 12.5 Å². The number of rotatable bonds is 0. The fraction of sp³-hybridized carbons (Fsp3) is 0.200. The zero-order valence-corrected chi connectivity index (χ0v) is 4.53. The quantitative estimate of drug-likeness (QED) is 0.349. The molecule has 0 unspecified atom stereocenters. The number of hydrogen-bond donors (Lipinski definition) is 0. The minimum Gasteiger partial charge on any atom is -0.594 e. The Morgan fingerprint density at radius 2 is 2.50 bits per heavy atom. The molecule has 0 amide bonds. The Bertz CT molecular complexity index is 149. The molecule has 0 bridgehead atoms. The fourth-order valence-electron chi connectivity index (χ4n) is 0.411. The first kappa shape index (κ1) is 5.03. The van der Waals surface area contributed by atoms with Crippen LogP contribution in [-0.2, 0) is 0 Å². The number of aromatic nitrogens is 2. The summed E-state index contributed by atoms with van der Waals surface area (Å²) in [6, 6.07) is 1.71. The molecule has 1 aromatic rings. The first-order chi connectivity index (χ1) is 3.79. The van der Waals surface area contributed by atoms with Gasteiger partial charge >= 0.3 is 0 Å². The third-order valence-electron chi connectivity index (χ3n) is 0.840. The van der Waals surface area contributed by atoms with E-state index in [9.17, 15) is 5.21 Å². The zero-order chi connectivity index (χ0) is 5.98. The van der Waals surface area contributed by atoms with Gasteiger partial charge in [0.05, 0.1) is 6.20 Å². The maximum absolute atomic E-state index is 10.2. The smallest absolute Gasteiger partial charge is 0.210 e. The molecule has 0 saturated carbocycles. The molecule has 1 aromatic heterocycles. The van der Waals surface area contributed by atoms with E-state index < -0.39 is 0 Å². The molecule has 0 aliphatic rings. The lowest BCUT2D eigenvalue weighted by Crippen LogP contribution is -2.29. The molecular weight excluding hydrogens is 104 g/mol. The molecule has 0 radical (unpaired) electrons. The molecule has 42 valence electrons. The molecule has 1 heterocycles. The van der Waals surface area contributed by atoms with Crippen LogP contribution in [0.3, 0.4) is 0 Å². The summed E-state index contributed by atoms with van der Waals surface area (Å²) in [5.41, 5.74) is 0.997. The standard InChI is InChI=1S/C5H6N2O/c1-5-2-3-7(8)6-4-5/h2-4H,1H3. The van der Waals surface area contributed by atoms with Gasteiger partial charge < -0.3 is 5.21 Å². The summed E-state index contributed by atoms with van der Waals surface area (Å²) in [5, 5.41) is 13.7. The van der Waals surface area contributed by atoms with Gasteiger partial charge in [-0.3, -0.25) is 0 Å². The lowest BCUT2D eigenvalue weighted by atomic mass is 10.4. The van der Waals surface area contributed by atoms with E-state index in [1.165, 1.54) is 12.4 Å². The van der Waals surface area contributed by atoms with Crippen molar-refractivity contribution in [3.63, 3.8) is 0 Å². The van der Waals surface area contributed by atoms with E-state index in [1.807, 2.05) is 6.92 Å². The van der Waals surface area contributed by atoms with E-state index >= 15 is 0 Å². The minimum absolute atomic E-state index is 0.521. The summed E-state index contributed by atoms with van der Waals surface area (Å²) in [6.45, 7) is 1.88. The summed E-state index contributed by atoms with van der Waals surface area (Å²) in [6.07, 6.45) is 2.89. The number of aryl methyl sites for hydroxylation is 1. The third-order valence-corrected chi connectivity index (χ3v) is 0.840. The second kappa shape index (κ2) is 1.78. The number of hydrogen-bond acceptors (Lipinski definition) is 2. The first-order valence-corrected chi connectivity index (χ1v) is 2.31. The predicted molar refractivity (Wildman–Crippen MR) is 27.9 cm³/mol. The van der Waals surface area contributed by atoms with E-state index in [1.54, 1.807) is 6.07 Å². The van der Waals surface area contributed by atoms with Crippen molar-refractivity contribution in [1.29, 1.82) is 0 Å². The van der Waals surface area contributed by atoms with E-state index in [-0.39, 0.29) is 0 Å². The van der Waals surface area contributed by atoms with Crippen LogP contribution >= 0.6 is 0 Å². The topological polar surface area (TPSA) is 39.8 Å². The highest BCUT2D eigenvalue weighted by molar-refractivity contribution is 4.98.